The van der Waals surface area contributed by atoms with Crippen LogP contribution in [0.25, 0.3) is 0 Å². The van der Waals surface area contributed by atoms with Gasteiger partial charge in [-0.3, -0.25) is 9.48 Å². The van der Waals surface area contributed by atoms with Crippen LogP contribution in [0.2, 0.25) is 0 Å². The van der Waals surface area contributed by atoms with Gasteiger partial charge in [0.15, 0.2) is 0 Å². The van der Waals surface area contributed by atoms with Gasteiger partial charge in [0.25, 0.3) is 5.91 Å². The third-order valence-corrected chi connectivity index (χ3v) is 6.19. The Morgan fingerprint density at radius 3 is 2.87 bits per heavy atom. The second-order valence-corrected chi connectivity index (χ2v) is 8.20. The molecule has 0 saturated carbocycles. The molecule has 4 rings (SSSR count). The Bertz CT molecular complexity index is 926. The fourth-order valence-corrected chi connectivity index (χ4v) is 4.36. The predicted octanol–water partition coefficient (Wildman–Crippen LogP) is 1.51. The lowest BCUT2D eigenvalue weighted by Gasteiger charge is -2.36. The quantitative estimate of drug-likeness (QED) is 0.567. The van der Waals surface area contributed by atoms with Crippen LogP contribution >= 0.6 is 0 Å². The van der Waals surface area contributed by atoms with E-state index >= 15 is 0 Å². The van der Waals surface area contributed by atoms with Gasteiger partial charge in [0.1, 0.15) is 5.69 Å². The van der Waals surface area contributed by atoms with Gasteiger partial charge in [0.2, 0.25) is 0 Å². The molecule has 1 amide bonds. The number of ether oxygens (including phenoxy) is 2. The molecule has 4 heterocycles. The van der Waals surface area contributed by atoms with Gasteiger partial charge in [-0.25, -0.2) is 9.78 Å². The molecule has 162 valence electrons. The van der Waals surface area contributed by atoms with Crippen molar-refractivity contribution in [3.8, 4) is 0 Å². The fraction of sp³-hybridized carbons (Fsp3) is 0.619. The third-order valence-electron chi connectivity index (χ3n) is 6.19. The number of fused-ring (bicyclic) bond motifs is 1. The first-order chi connectivity index (χ1) is 14.5. The zero-order valence-corrected chi connectivity index (χ0v) is 17.6. The second kappa shape index (κ2) is 8.59. The van der Waals surface area contributed by atoms with Crippen molar-refractivity contribution in [3.63, 3.8) is 0 Å². The zero-order valence-electron chi connectivity index (χ0n) is 17.6. The molecule has 1 fully saturated rings. The Morgan fingerprint density at radius 1 is 1.37 bits per heavy atom. The van der Waals surface area contributed by atoms with E-state index in [2.05, 4.69) is 10.3 Å². The second-order valence-electron chi connectivity index (χ2n) is 8.20. The molecule has 1 N–H and O–H groups in total. The van der Waals surface area contributed by atoms with Gasteiger partial charge < -0.3 is 19.4 Å². The molecule has 2 aliphatic heterocycles. The lowest BCUT2D eigenvalue weighted by molar-refractivity contribution is 0.0152. The number of hydrogen-bond acceptors (Lipinski definition) is 6. The highest BCUT2D eigenvalue weighted by Crippen LogP contribution is 2.37. The molecule has 30 heavy (non-hydrogen) atoms. The summed E-state index contributed by atoms with van der Waals surface area (Å²) in [5.41, 5.74) is 3.01. The van der Waals surface area contributed by atoms with Crippen LogP contribution in [0.4, 0.5) is 0 Å². The van der Waals surface area contributed by atoms with Crippen LogP contribution in [0.15, 0.2) is 12.5 Å². The summed E-state index contributed by atoms with van der Waals surface area (Å²) in [5, 5.41) is 7.86. The lowest BCUT2D eigenvalue weighted by atomic mass is 9.76. The minimum absolute atomic E-state index is 0.0218. The summed E-state index contributed by atoms with van der Waals surface area (Å²) < 4.78 is 14.5. The predicted molar refractivity (Wildman–Crippen MR) is 108 cm³/mol. The third kappa shape index (κ3) is 3.98. The van der Waals surface area contributed by atoms with Crippen molar-refractivity contribution in [1.29, 1.82) is 0 Å². The zero-order chi connectivity index (χ0) is 21.1. The van der Waals surface area contributed by atoms with E-state index in [1.807, 2.05) is 11.6 Å². The van der Waals surface area contributed by atoms with Crippen molar-refractivity contribution in [2.75, 3.05) is 26.4 Å². The van der Waals surface area contributed by atoms with E-state index < -0.39 is 0 Å². The Kier molecular flexibility index (Phi) is 5.90. The summed E-state index contributed by atoms with van der Waals surface area (Å²) in [6, 6.07) is 0. The molecule has 1 saturated heterocycles. The van der Waals surface area contributed by atoms with Crippen molar-refractivity contribution in [2.24, 2.45) is 12.5 Å². The van der Waals surface area contributed by atoms with Crippen molar-refractivity contribution in [2.45, 2.75) is 45.6 Å². The monoisotopic (exact) mass is 415 g/mol. The summed E-state index contributed by atoms with van der Waals surface area (Å²) in [6.45, 7) is 5.03. The van der Waals surface area contributed by atoms with E-state index in [-0.39, 0.29) is 23.9 Å². The van der Waals surface area contributed by atoms with E-state index in [0.717, 1.165) is 49.4 Å². The van der Waals surface area contributed by atoms with E-state index in [9.17, 15) is 9.59 Å². The average molecular weight is 415 g/mol. The van der Waals surface area contributed by atoms with Crippen molar-refractivity contribution >= 4 is 11.9 Å². The molecule has 9 heteroatoms. The van der Waals surface area contributed by atoms with Crippen LogP contribution in [-0.2, 0) is 35.9 Å². The fourth-order valence-electron chi connectivity index (χ4n) is 4.36. The van der Waals surface area contributed by atoms with Gasteiger partial charge in [-0.05, 0) is 31.1 Å². The average Bonchev–Trinajstić information content (AvgIpc) is 3.29. The van der Waals surface area contributed by atoms with Crippen LogP contribution in [-0.4, -0.2) is 57.6 Å². The number of carbonyl (C=O) groups is 2. The van der Waals surface area contributed by atoms with Gasteiger partial charge in [-0.2, -0.15) is 5.10 Å². The molecule has 1 spiro atoms. The molecule has 0 aliphatic carbocycles. The molecule has 0 radical (unpaired) electrons. The number of imidazole rings is 1. The summed E-state index contributed by atoms with van der Waals surface area (Å²) in [6.07, 6.45) is 7.07. The molecule has 0 atom stereocenters. The molecule has 2 aromatic heterocycles. The maximum Gasteiger partial charge on any atom is 0.356 e. The number of aryl methyl sites for hydroxylation is 3. The van der Waals surface area contributed by atoms with Crippen molar-refractivity contribution in [1.82, 2.24) is 24.6 Å². The first-order valence-electron chi connectivity index (χ1n) is 10.6. The summed E-state index contributed by atoms with van der Waals surface area (Å²) in [4.78, 5) is 28.9. The minimum atomic E-state index is -0.385. The van der Waals surface area contributed by atoms with Gasteiger partial charge in [-0.15, -0.1) is 0 Å². The standard InChI is InChI=1S/C21H29N5O4/c1-3-15-18-16(11-21(13-23-19(18)27)5-9-29-10-6-21)26(24-15)7-4-8-30-20(28)17-12-22-14-25(17)2/h12,14H,3-11,13H2,1-2H3,(H,23,27). The minimum Gasteiger partial charge on any atom is -0.461 e. The summed E-state index contributed by atoms with van der Waals surface area (Å²) in [5.74, 6) is -0.414. The van der Waals surface area contributed by atoms with Crippen molar-refractivity contribution < 1.29 is 19.1 Å². The van der Waals surface area contributed by atoms with Crippen LogP contribution in [0.1, 0.15) is 58.4 Å². The summed E-state index contributed by atoms with van der Waals surface area (Å²) >= 11 is 0. The van der Waals surface area contributed by atoms with E-state index in [1.165, 1.54) is 6.20 Å². The Hall–Kier alpha value is -2.68. The first-order valence-corrected chi connectivity index (χ1v) is 10.6. The van der Waals surface area contributed by atoms with Crippen LogP contribution in [0.5, 0.6) is 0 Å². The van der Waals surface area contributed by atoms with E-state index in [0.29, 0.717) is 31.6 Å². The molecular formula is C21H29N5O4. The highest BCUT2D eigenvalue weighted by molar-refractivity contribution is 5.97. The molecule has 0 unspecified atom stereocenters. The van der Waals surface area contributed by atoms with Gasteiger partial charge in [0.05, 0.1) is 36.1 Å². The molecule has 0 bridgehead atoms. The smallest absolute Gasteiger partial charge is 0.356 e. The normalized spacial score (nSPS) is 18.0. The van der Waals surface area contributed by atoms with Crippen LogP contribution < -0.4 is 5.32 Å². The van der Waals surface area contributed by atoms with Crippen molar-refractivity contribution in [3.05, 3.63) is 35.2 Å². The van der Waals surface area contributed by atoms with Gasteiger partial charge >= 0.3 is 5.97 Å². The van der Waals surface area contributed by atoms with Crippen LogP contribution in [0.3, 0.4) is 0 Å². The topological polar surface area (TPSA) is 100 Å². The highest BCUT2D eigenvalue weighted by Gasteiger charge is 2.39. The van der Waals surface area contributed by atoms with Gasteiger partial charge in [-0.1, -0.05) is 6.92 Å². The maximum absolute atomic E-state index is 12.8. The summed E-state index contributed by atoms with van der Waals surface area (Å²) in [7, 11) is 1.76. The molecule has 2 aromatic rings. The SMILES string of the molecule is CCc1nn(CCCOC(=O)c2cncn2C)c2c1C(=O)NCC1(CCOCC1)C2. The number of hydrogen-bond donors (Lipinski definition) is 1. The number of nitrogens with one attached hydrogen (secondary N) is 1. The number of aromatic nitrogens is 4. The number of nitrogens with zero attached hydrogens (tertiary/aromatic N) is 4. The van der Waals surface area contributed by atoms with E-state index in [4.69, 9.17) is 14.6 Å². The van der Waals surface area contributed by atoms with Crippen LogP contribution in [0, 0.1) is 5.41 Å². The lowest BCUT2D eigenvalue weighted by Crippen LogP contribution is -2.40. The number of esters is 1. The Labute approximate surface area is 175 Å². The number of carbonyl (C=O) groups excluding carboxylic acids is 2. The number of amides is 1. The Morgan fingerprint density at radius 2 is 2.17 bits per heavy atom. The van der Waals surface area contributed by atoms with E-state index in [1.54, 1.807) is 17.9 Å². The highest BCUT2D eigenvalue weighted by atomic mass is 16.5. The first kappa shape index (κ1) is 20.6. The molecule has 0 aromatic carbocycles. The Balaban J connectivity index is 1.47. The number of rotatable bonds is 6. The van der Waals surface area contributed by atoms with Gasteiger partial charge in [0, 0.05) is 39.8 Å². The molecular weight excluding hydrogens is 386 g/mol. The molecule has 9 nitrogen and oxygen atoms in total. The maximum atomic E-state index is 12.8. The molecule has 2 aliphatic rings. The largest absolute Gasteiger partial charge is 0.461 e.